The predicted octanol–water partition coefficient (Wildman–Crippen LogP) is 3.79. The molecule has 0 saturated heterocycles. The van der Waals surface area contributed by atoms with Crippen LogP contribution in [0.15, 0.2) is 36.4 Å². The third-order valence-electron chi connectivity index (χ3n) is 7.71. The van der Waals surface area contributed by atoms with E-state index in [4.69, 9.17) is 14.7 Å². The Morgan fingerprint density at radius 3 is 2.62 bits per heavy atom. The first-order valence-corrected chi connectivity index (χ1v) is 12.8. The van der Waals surface area contributed by atoms with Crippen molar-refractivity contribution in [2.24, 2.45) is 0 Å². The van der Waals surface area contributed by atoms with Crippen molar-refractivity contribution in [1.29, 1.82) is 0 Å². The molecular weight excluding hydrogens is 442 g/mol. The summed E-state index contributed by atoms with van der Waals surface area (Å²) in [5, 5.41) is 4.74. The first-order valence-electron chi connectivity index (χ1n) is 12.3. The molecule has 0 radical (unpaired) electrons. The van der Waals surface area contributed by atoms with Crippen LogP contribution >= 0.6 is 9.24 Å². The van der Waals surface area contributed by atoms with Gasteiger partial charge in [0.25, 0.3) is 5.91 Å². The van der Waals surface area contributed by atoms with Crippen molar-refractivity contribution in [3.63, 3.8) is 0 Å². The van der Waals surface area contributed by atoms with E-state index < -0.39 is 0 Å². The van der Waals surface area contributed by atoms with Crippen molar-refractivity contribution in [1.82, 2.24) is 19.5 Å². The standard InChI is InChI=1S/C26H34BN4O2P/c1-16-19-9-7-6-8-17(19)12-13-30(16)24(32)20-14-21(18-10-11-18)31-23(28-20)15-22(29-31)27-33-25(2,3)26(4,5)34/h6-9,14-16,18,27H,10-13,34H2,1-5H3/t16-/m1/s1. The van der Waals surface area contributed by atoms with E-state index >= 15 is 0 Å². The molecule has 2 aliphatic rings. The van der Waals surface area contributed by atoms with Gasteiger partial charge in [-0.1, -0.05) is 38.1 Å². The molecule has 0 spiro atoms. The Hall–Kier alpha value is -2.24. The lowest BCUT2D eigenvalue weighted by molar-refractivity contribution is 0.0671. The van der Waals surface area contributed by atoms with Gasteiger partial charge in [-0.25, -0.2) is 9.50 Å². The second kappa shape index (κ2) is 8.46. The quantitative estimate of drug-likeness (QED) is 0.401. The highest BCUT2D eigenvalue weighted by Crippen LogP contribution is 2.40. The second-order valence-electron chi connectivity index (χ2n) is 10.9. The predicted molar refractivity (Wildman–Crippen MR) is 140 cm³/mol. The Morgan fingerprint density at radius 1 is 1.18 bits per heavy atom. The number of aromatic nitrogens is 3. The third-order valence-corrected chi connectivity index (χ3v) is 8.40. The summed E-state index contributed by atoms with van der Waals surface area (Å²) in [5.41, 5.74) is 5.38. The average Bonchev–Trinajstić information content (AvgIpc) is 3.55. The Morgan fingerprint density at radius 2 is 1.91 bits per heavy atom. The van der Waals surface area contributed by atoms with E-state index in [1.807, 2.05) is 27.6 Å². The molecule has 2 atom stereocenters. The van der Waals surface area contributed by atoms with Crippen LogP contribution in [0.3, 0.4) is 0 Å². The number of carbonyl (C=O) groups is 1. The lowest BCUT2D eigenvalue weighted by atomic mass is 9.87. The van der Waals surface area contributed by atoms with Crippen LogP contribution in [-0.2, 0) is 11.1 Å². The number of amides is 1. The summed E-state index contributed by atoms with van der Waals surface area (Å²) < 4.78 is 8.16. The first-order chi connectivity index (χ1) is 16.0. The second-order valence-corrected chi connectivity index (χ2v) is 12.3. The average molecular weight is 476 g/mol. The Labute approximate surface area is 204 Å². The van der Waals surface area contributed by atoms with Crippen LogP contribution in [0.5, 0.6) is 0 Å². The molecule has 1 fully saturated rings. The van der Waals surface area contributed by atoms with Crippen molar-refractivity contribution >= 4 is 33.9 Å². The van der Waals surface area contributed by atoms with Crippen molar-refractivity contribution in [2.45, 2.75) is 76.6 Å². The van der Waals surface area contributed by atoms with E-state index in [1.165, 1.54) is 11.1 Å². The van der Waals surface area contributed by atoms with Gasteiger partial charge in [-0.15, -0.1) is 9.24 Å². The number of hydrogen-bond acceptors (Lipinski definition) is 4. The number of carbonyl (C=O) groups excluding carboxylic acids is 1. The molecule has 0 N–H and O–H groups in total. The fraction of sp³-hybridized carbons (Fsp3) is 0.500. The van der Waals surface area contributed by atoms with E-state index in [-0.39, 0.29) is 22.7 Å². The normalized spacial score (nSPS) is 18.8. The highest BCUT2D eigenvalue weighted by Gasteiger charge is 2.35. The van der Waals surface area contributed by atoms with Crippen LogP contribution in [0.4, 0.5) is 0 Å². The van der Waals surface area contributed by atoms with Crippen LogP contribution in [0.1, 0.15) is 86.7 Å². The molecule has 1 aliphatic carbocycles. The van der Waals surface area contributed by atoms with Gasteiger partial charge < -0.3 is 9.55 Å². The van der Waals surface area contributed by atoms with Crippen LogP contribution in [-0.4, -0.2) is 50.2 Å². The maximum atomic E-state index is 13.6. The minimum Gasteiger partial charge on any atom is -0.427 e. The lowest BCUT2D eigenvalue weighted by Gasteiger charge is -2.38. The summed E-state index contributed by atoms with van der Waals surface area (Å²) in [6, 6.07) is 12.4. The Bertz CT molecular complexity index is 1250. The van der Waals surface area contributed by atoms with Crippen molar-refractivity contribution < 1.29 is 9.45 Å². The number of nitrogens with zero attached hydrogens (tertiary/aromatic N) is 4. The summed E-state index contributed by atoms with van der Waals surface area (Å²) in [7, 11) is 3.27. The maximum absolute atomic E-state index is 13.6. The number of rotatable bonds is 6. The molecule has 178 valence electrons. The van der Waals surface area contributed by atoms with Crippen LogP contribution in [0.2, 0.25) is 0 Å². The molecule has 3 aromatic rings. The van der Waals surface area contributed by atoms with Gasteiger partial charge in [0.15, 0.2) is 5.65 Å². The van der Waals surface area contributed by atoms with Gasteiger partial charge in [0.1, 0.15) is 5.69 Å². The van der Waals surface area contributed by atoms with Gasteiger partial charge in [0.2, 0.25) is 0 Å². The molecular formula is C26H34BN4O2P. The van der Waals surface area contributed by atoms with Gasteiger partial charge in [0.05, 0.1) is 17.2 Å². The van der Waals surface area contributed by atoms with Gasteiger partial charge in [0, 0.05) is 23.3 Å². The molecule has 1 aromatic carbocycles. The zero-order valence-corrected chi connectivity index (χ0v) is 22.0. The van der Waals surface area contributed by atoms with E-state index in [9.17, 15) is 4.79 Å². The zero-order chi connectivity index (χ0) is 24.3. The molecule has 34 heavy (non-hydrogen) atoms. The summed E-state index contributed by atoms with van der Waals surface area (Å²) in [6.07, 6.45) is 3.13. The van der Waals surface area contributed by atoms with Crippen LogP contribution in [0.25, 0.3) is 5.65 Å². The molecule has 8 heteroatoms. The highest BCUT2D eigenvalue weighted by molar-refractivity contribution is 7.19. The largest absolute Gasteiger partial charge is 0.427 e. The first kappa shape index (κ1) is 23.5. The van der Waals surface area contributed by atoms with E-state index in [1.54, 1.807) is 0 Å². The van der Waals surface area contributed by atoms with E-state index in [0.717, 1.165) is 36.2 Å². The smallest absolute Gasteiger partial charge is 0.331 e. The summed E-state index contributed by atoms with van der Waals surface area (Å²) in [6.45, 7) is 11.3. The molecule has 1 aliphatic heterocycles. The fourth-order valence-corrected chi connectivity index (χ4v) is 4.62. The molecule has 0 bridgehead atoms. The summed E-state index contributed by atoms with van der Waals surface area (Å²) in [5.74, 6) is 0.434. The van der Waals surface area contributed by atoms with Crippen molar-refractivity contribution in [2.75, 3.05) is 6.54 Å². The number of hydrogen-bond donors (Lipinski definition) is 0. The van der Waals surface area contributed by atoms with Gasteiger partial charge in [-0.05, 0) is 63.3 Å². The lowest BCUT2D eigenvalue weighted by Crippen LogP contribution is -2.45. The third kappa shape index (κ3) is 4.29. The maximum Gasteiger partial charge on any atom is 0.331 e. The number of fused-ring (bicyclic) bond motifs is 2. The molecule has 2 aromatic heterocycles. The SMILES string of the molecule is C[C@@H]1c2ccccc2CCN1C(=O)c1cc(C2CC2)n2nc(BOC(C)(C)C(C)(C)P)cc2n1. The zero-order valence-electron chi connectivity index (χ0n) is 20.8. The molecule has 1 unspecified atom stereocenters. The number of benzene rings is 1. The minimum atomic E-state index is -0.331. The summed E-state index contributed by atoms with van der Waals surface area (Å²) in [4.78, 5) is 20.4. The van der Waals surface area contributed by atoms with Gasteiger partial charge in [-0.3, -0.25) is 4.79 Å². The Balaban J connectivity index is 1.44. The van der Waals surface area contributed by atoms with E-state index in [2.05, 4.69) is 62.1 Å². The molecule has 6 nitrogen and oxygen atoms in total. The molecule has 1 saturated carbocycles. The molecule has 1 amide bonds. The molecule has 5 rings (SSSR count). The van der Waals surface area contributed by atoms with Crippen molar-refractivity contribution in [3.05, 3.63) is 58.9 Å². The monoisotopic (exact) mass is 476 g/mol. The fourth-order valence-electron chi connectivity index (χ4n) is 4.53. The van der Waals surface area contributed by atoms with E-state index in [0.29, 0.717) is 25.6 Å². The summed E-state index contributed by atoms with van der Waals surface area (Å²) >= 11 is 0. The van der Waals surface area contributed by atoms with Crippen molar-refractivity contribution in [3.8, 4) is 0 Å². The van der Waals surface area contributed by atoms with Crippen LogP contribution in [0, 0.1) is 0 Å². The van der Waals surface area contributed by atoms with Crippen LogP contribution < -0.4 is 5.59 Å². The minimum absolute atomic E-state index is 0.00343. The van der Waals surface area contributed by atoms with Gasteiger partial charge in [-0.2, -0.15) is 5.10 Å². The highest BCUT2D eigenvalue weighted by atomic mass is 31.0. The van der Waals surface area contributed by atoms with Gasteiger partial charge >= 0.3 is 7.48 Å². The molecule has 3 heterocycles. The Kier molecular flexibility index (Phi) is 5.85. The topological polar surface area (TPSA) is 59.7 Å².